The molecule has 1 aromatic carbocycles. The fourth-order valence-electron chi connectivity index (χ4n) is 2.82. The van der Waals surface area contributed by atoms with Crippen molar-refractivity contribution in [2.45, 2.75) is 32.1 Å². The van der Waals surface area contributed by atoms with Gasteiger partial charge in [0.25, 0.3) is 0 Å². The van der Waals surface area contributed by atoms with E-state index >= 15 is 0 Å². The fourth-order valence-corrected chi connectivity index (χ4v) is 2.82. The number of aliphatic carboxylic acids is 1. The van der Waals surface area contributed by atoms with E-state index < -0.39 is 17.6 Å². The molecule has 120 valence electrons. The molecule has 22 heavy (non-hydrogen) atoms. The molecule has 1 fully saturated rings. The van der Waals surface area contributed by atoms with Crippen LogP contribution in [0.1, 0.15) is 31.2 Å². The molecule has 1 aromatic rings. The average Bonchev–Trinajstić information content (AvgIpc) is 2.49. The minimum absolute atomic E-state index is 0.0780. The molecule has 0 saturated carbocycles. The summed E-state index contributed by atoms with van der Waals surface area (Å²) in [6.45, 7) is 1.01. The summed E-state index contributed by atoms with van der Waals surface area (Å²) in [7, 11) is 0. The zero-order valence-electron chi connectivity index (χ0n) is 12.2. The highest BCUT2D eigenvalue weighted by molar-refractivity contribution is 5.79. The molecule has 1 amide bonds. The average molecular weight is 311 g/mol. The number of nitrogens with zero attached hydrogens (tertiary/aromatic N) is 1. The van der Waals surface area contributed by atoms with Crippen molar-refractivity contribution >= 4 is 11.9 Å². The number of carboxylic acid groups (broad SMARTS) is 1. The van der Waals surface area contributed by atoms with Crippen LogP contribution in [0.15, 0.2) is 18.2 Å². The Balaban J connectivity index is 1.96. The Morgan fingerprint density at radius 2 is 1.95 bits per heavy atom. The third kappa shape index (κ3) is 4.26. The summed E-state index contributed by atoms with van der Waals surface area (Å²) in [5.41, 5.74) is -0.208. The number of piperidine rings is 1. The number of hydrogen-bond acceptors (Lipinski definition) is 2. The van der Waals surface area contributed by atoms with Gasteiger partial charge in [-0.15, -0.1) is 0 Å². The van der Waals surface area contributed by atoms with Gasteiger partial charge in [-0.25, -0.2) is 8.78 Å². The molecule has 1 aliphatic heterocycles. The van der Waals surface area contributed by atoms with Crippen LogP contribution in [0.5, 0.6) is 0 Å². The highest BCUT2D eigenvalue weighted by atomic mass is 19.1. The molecule has 4 nitrogen and oxygen atoms in total. The summed E-state index contributed by atoms with van der Waals surface area (Å²) in [6, 6.07) is 3.54. The van der Waals surface area contributed by atoms with Crippen LogP contribution in [-0.4, -0.2) is 35.0 Å². The first-order valence-corrected chi connectivity index (χ1v) is 7.40. The van der Waals surface area contributed by atoms with Crippen LogP contribution in [-0.2, 0) is 16.0 Å². The van der Waals surface area contributed by atoms with Gasteiger partial charge >= 0.3 is 5.97 Å². The van der Waals surface area contributed by atoms with Crippen LogP contribution in [0.3, 0.4) is 0 Å². The van der Waals surface area contributed by atoms with Crippen molar-refractivity contribution in [1.29, 1.82) is 0 Å². The van der Waals surface area contributed by atoms with E-state index in [9.17, 15) is 18.4 Å². The van der Waals surface area contributed by atoms with Crippen molar-refractivity contribution in [1.82, 2.24) is 4.90 Å². The monoisotopic (exact) mass is 311 g/mol. The molecule has 1 N–H and O–H groups in total. The van der Waals surface area contributed by atoms with Crippen molar-refractivity contribution in [3.05, 3.63) is 35.4 Å². The SMILES string of the molecule is O=C(O)CCC1CCCN(C(=O)Cc2c(F)cccc2F)C1. The molecule has 1 unspecified atom stereocenters. The van der Waals surface area contributed by atoms with E-state index in [0.29, 0.717) is 19.5 Å². The number of amides is 1. The lowest BCUT2D eigenvalue weighted by Gasteiger charge is -2.32. The number of rotatable bonds is 5. The molecule has 1 aliphatic rings. The number of hydrogen-bond donors (Lipinski definition) is 1. The lowest BCUT2D eigenvalue weighted by Crippen LogP contribution is -2.41. The van der Waals surface area contributed by atoms with Crippen LogP contribution in [0, 0.1) is 17.6 Å². The van der Waals surface area contributed by atoms with Gasteiger partial charge in [-0.3, -0.25) is 9.59 Å². The fraction of sp³-hybridized carbons (Fsp3) is 0.500. The maximum absolute atomic E-state index is 13.6. The molecule has 0 aromatic heterocycles. The van der Waals surface area contributed by atoms with Gasteiger partial charge in [0.2, 0.25) is 5.91 Å². The molecule has 0 spiro atoms. The number of carboxylic acids is 1. The Morgan fingerprint density at radius 3 is 2.59 bits per heavy atom. The van der Waals surface area contributed by atoms with Crippen LogP contribution < -0.4 is 0 Å². The van der Waals surface area contributed by atoms with Crippen molar-refractivity contribution in [3.8, 4) is 0 Å². The second-order valence-electron chi connectivity index (χ2n) is 5.66. The van der Waals surface area contributed by atoms with Gasteiger partial charge in [0.05, 0.1) is 6.42 Å². The Labute approximate surface area is 127 Å². The van der Waals surface area contributed by atoms with Gasteiger partial charge in [0.15, 0.2) is 0 Å². The highest BCUT2D eigenvalue weighted by Gasteiger charge is 2.25. The zero-order chi connectivity index (χ0) is 16.1. The topological polar surface area (TPSA) is 57.6 Å². The minimum atomic E-state index is -0.850. The van der Waals surface area contributed by atoms with Crippen molar-refractivity contribution in [2.75, 3.05) is 13.1 Å². The van der Waals surface area contributed by atoms with Gasteiger partial charge < -0.3 is 10.0 Å². The van der Waals surface area contributed by atoms with Crippen LogP contribution >= 0.6 is 0 Å². The number of halogens is 2. The summed E-state index contributed by atoms with van der Waals surface area (Å²) in [5.74, 6) is -2.46. The number of likely N-dealkylation sites (tertiary alicyclic amines) is 1. The number of carbonyl (C=O) groups is 2. The Bertz CT molecular complexity index is 542. The van der Waals surface area contributed by atoms with Crippen LogP contribution in [0.25, 0.3) is 0 Å². The molecule has 0 aliphatic carbocycles. The summed E-state index contributed by atoms with van der Waals surface area (Å²) in [6.07, 6.45) is 1.97. The maximum atomic E-state index is 13.6. The van der Waals surface area contributed by atoms with Crippen LogP contribution in [0.4, 0.5) is 8.78 Å². The molecule has 0 bridgehead atoms. The number of carbonyl (C=O) groups excluding carboxylic acids is 1. The molecular weight excluding hydrogens is 292 g/mol. The maximum Gasteiger partial charge on any atom is 0.303 e. The first-order chi connectivity index (χ1) is 10.5. The Hall–Kier alpha value is -1.98. The summed E-state index contributed by atoms with van der Waals surface area (Å²) in [4.78, 5) is 24.4. The van der Waals surface area contributed by atoms with Crippen molar-refractivity contribution in [2.24, 2.45) is 5.92 Å². The third-order valence-electron chi connectivity index (χ3n) is 4.03. The van der Waals surface area contributed by atoms with E-state index in [1.807, 2.05) is 0 Å². The third-order valence-corrected chi connectivity index (χ3v) is 4.03. The van der Waals surface area contributed by atoms with E-state index in [1.165, 1.54) is 6.07 Å². The van der Waals surface area contributed by atoms with Gasteiger partial charge in [-0.1, -0.05) is 6.07 Å². The molecule has 1 saturated heterocycles. The summed E-state index contributed by atoms with van der Waals surface area (Å²) in [5, 5.41) is 8.71. The second kappa shape index (κ2) is 7.33. The van der Waals surface area contributed by atoms with Crippen LogP contribution in [0.2, 0.25) is 0 Å². The Kier molecular flexibility index (Phi) is 5.46. The Morgan fingerprint density at radius 1 is 1.27 bits per heavy atom. The summed E-state index contributed by atoms with van der Waals surface area (Å²) < 4.78 is 27.2. The molecule has 1 atom stereocenters. The second-order valence-corrected chi connectivity index (χ2v) is 5.66. The van der Waals surface area contributed by atoms with E-state index in [0.717, 1.165) is 25.0 Å². The van der Waals surface area contributed by atoms with Crippen molar-refractivity contribution < 1.29 is 23.5 Å². The first-order valence-electron chi connectivity index (χ1n) is 7.40. The van der Waals surface area contributed by atoms with Gasteiger partial charge in [-0.05, 0) is 37.3 Å². The lowest BCUT2D eigenvalue weighted by molar-refractivity contribution is -0.137. The quantitative estimate of drug-likeness (QED) is 0.909. The summed E-state index contributed by atoms with van der Waals surface area (Å²) >= 11 is 0. The van der Waals surface area contributed by atoms with E-state index in [1.54, 1.807) is 4.90 Å². The molecule has 6 heteroatoms. The first kappa shape index (κ1) is 16.4. The molecular formula is C16H19F2NO3. The standard InChI is InChI=1S/C16H19F2NO3/c17-13-4-1-5-14(18)12(13)9-15(20)19-8-2-3-11(10-19)6-7-16(21)22/h1,4-5,11H,2-3,6-10H2,(H,21,22). The predicted molar refractivity (Wildman–Crippen MR) is 76.2 cm³/mol. The van der Waals surface area contributed by atoms with Gasteiger partial charge in [0.1, 0.15) is 11.6 Å². The predicted octanol–water partition coefficient (Wildman–Crippen LogP) is 2.61. The van der Waals surface area contributed by atoms with E-state index in [4.69, 9.17) is 5.11 Å². The molecule has 2 rings (SSSR count). The minimum Gasteiger partial charge on any atom is -0.481 e. The smallest absolute Gasteiger partial charge is 0.303 e. The van der Waals surface area contributed by atoms with Gasteiger partial charge in [-0.2, -0.15) is 0 Å². The van der Waals surface area contributed by atoms with E-state index in [2.05, 4.69) is 0 Å². The van der Waals surface area contributed by atoms with E-state index in [-0.39, 0.29) is 30.2 Å². The number of benzene rings is 1. The molecule has 0 radical (unpaired) electrons. The largest absolute Gasteiger partial charge is 0.481 e. The lowest BCUT2D eigenvalue weighted by atomic mass is 9.93. The zero-order valence-corrected chi connectivity index (χ0v) is 12.2. The van der Waals surface area contributed by atoms with Crippen molar-refractivity contribution in [3.63, 3.8) is 0 Å². The molecule has 1 heterocycles. The normalized spacial score (nSPS) is 18.3. The van der Waals surface area contributed by atoms with Gasteiger partial charge in [0, 0.05) is 25.1 Å². The highest BCUT2D eigenvalue weighted by Crippen LogP contribution is 2.22.